The maximum Gasteiger partial charge on any atom is 0.317 e. The topological polar surface area (TPSA) is 52.3 Å². The number of carbonyl (C=O) groups excluding carboxylic acids is 1. The van der Waals surface area contributed by atoms with E-state index in [0.717, 1.165) is 16.5 Å². The van der Waals surface area contributed by atoms with Gasteiger partial charge in [0.05, 0.1) is 12.3 Å². The van der Waals surface area contributed by atoms with E-state index in [4.69, 9.17) is 9.15 Å². The fraction of sp³-hybridized carbons (Fsp3) is 0.429. The van der Waals surface area contributed by atoms with E-state index in [9.17, 15) is 4.79 Å². The van der Waals surface area contributed by atoms with Gasteiger partial charge in [0.15, 0.2) is 10.8 Å². The number of thiazole rings is 1. The van der Waals surface area contributed by atoms with Crippen LogP contribution in [0.25, 0.3) is 10.8 Å². The summed E-state index contributed by atoms with van der Waals surface area (Å²) in [4.78, 5) is 16.4. The van der Waals surface area contributed by atoms with Gasteiger partial charge < -0.3 is 9.15 Å². The molecule has 0 radical (unpaired) electrons. The summed E-state index contributed by atoms with van der Waals surface area (Å²) in [6.07, 6.45) is 0. The minimum Gasteiger partial charge on any atom is -0.465 e. The number of aryl methyl sites for hydroxylation is 1. The third kappa shape index (κ3) is 2.71. The van der Waals surface area contributed by atoms with Crippen molar-refractivity contribution in [3.8, 4) is 10.8 Å². The fourth-order valence-electron chi connectivity index (χ4n) is 1.64. The zero-order valence-corrected chi connectivity index (χ0v) is 12.3. The summed E-state index contributed by atoms with van der Waals surface area (Å²) in [6, 6.07) is 3.78. The highest BCUT2D eigenvalue weighted by Gasteiger charge is 2.34. The van der Waals surface area contributed by atoms with E-state index < -0.39 is 5.41 Å². The second kappa shape index (κ2) is 5.17. The molecule has 0 fully saturated rings. The second-order valence-corrected chi connectivity index (χ2v) is 5.65. The largest absolute Gasteiger partial charge is 0.465 e. The van der Waals surface area contributed by atoms with E-state index in [1.165, 1.54) is 11.3 Å². The molecule has 102 valence electrons. The number of furan rings is 1. The molecule has 2 rings (SSSR count). The van der Waals surface area contributed by atoms with Crippen LogP contribution in [-0.2, 0) is 14.9 Å². The molecule has 0 aliphatic heterocycles. The first-order valence-electron chi connectivity index (χ1n) is 6.15. The minimum absolute atomic E-state index is 0.262. The van der Waals surface area contributed by atoms with Gasteiger partial charge in [-0.15, -0.1) is 11.3 Å². The average Bonchev–Trinajstić information content (AvgIpc) is 2.97. The van der Waals surface area contributed by atoms with Gasteiger partial charge in [-0.05, 0) is 39.8 Å². The normalized spacial score (nSPS) is 11.6. The lowest BCUT2D eigenvalue weighted by atomic mass is 9.90. The smallest absolute Gasteiger partial charge is 0.317 e. The number of carbonyl (C=O) groups is 1. The van der Waals surface area contributed by atoms with Crippen molar-refractivity contribution in [1.82, 2.24) is 4.98 Å². The zero-order chi connectivity index (χ0) is 14.0. The number of aromatic nitrogens is 1. The Morgan fingerprint density at radius 3 is 2.79 bits per heavy atom. The lowest BCUT2D eigenvalue weighted by Crippen LogP contribution is -2.31. The Balaban J connectivity index is 2.28. The summed E-state index contributed by atoms with van der Waals surface area (Å²) in [5, 5.41) is 2.66. The van der Waals surface area contributed by atoms with Crippen LogP contribution in [0.2, 0.25) is 0 Å². The number of nitrogens with zero attached hydrogens (tertiary/aromatic N) is 1. The molecule has 0 amide bonds. The van der Waals surface area contributed by atoms with Crippen molar-refractivity contribution in [3.05, 3.63) is 29.0 Å². The Kier molecular flexibility index (Phi) is 3.75. The lowest BCUT2D eigenvalue weighted by molar-refractivity contribution is -0.148. The molecule has 0 saturated heterocycles. The maximum absolute atomic E-state index is 11.9. The SMILES string of the molecule is CCOC(=O)C(C)(C)c1csc(-c2ccc(C)o2)n1. The van der Waals surface area contributed by atoms with Gasteiger partial charge in [-0.3, -0.25) is 4.79 Å². The van der Waals surface area contributed by atoms with Gasteiger partial charge in [0.25, 0.3) is 0 Å². The highest BCUT2D eigenvalue weighted by Crippen LogP contribution is 2.31. The van der Waals surface area contributed by atoms with E-state index in [1.807, 2.05) is 38.3 Å². The molecular weight excluding hydrogens is 262 g/mol. The van der Waals surface area contributed by atoms with Crippen LogP contribution in [0.5, 0.6) is 0 Å². The number of ether oxygens (including phenoxy) is 1. The van der Waals surface area contributed by atoms with Crippen molar-refractivity contribution in [2.45, 2.75) is 33.1 Å². The van der Waals surface area contributed by atoms with Crippen molar-refractivity contribution in [2.75, 3.05) is 6.61 Å². The standard InChI is InChI=1S/C14H17NO3S/c1-5-17-13(16)14(3,4)11-8-19-12(15-11)10-7-6-9(2)18-10/h6-8H,5H2,1-4H3. The first-order valence-corrected chi connectivity index (χ1v) is 7.03. The monoisotopic (exact) mass is 279 g/mol. The highest BCUT2D eigenvalue weighted by molar-refractivity contribution is 7.13. The second-order valence-electron chi connectivity index (χ2n) is 4.79. The Bertz CT molecular complexity index is 583. The molecule has 0 atom stereocenters. The molecule has 2 heterocycles. The lowest BCUT2D eigenvalue weighted by Gasteiger charge is -2.19. The van der Waals surface area contributed by atoms with Gasteiger partial charge in [-0.2, -0.15) is 0 Å². The summed E-state index contributed by atoms with van der Waals surface area (Å²) in [5.74, 6) is 1.31. The first-order chi connectivity index (χ1) is 8.95. The van der Waals surface area contributed by atoms with Gasteiger partial charge in [-0.1, -0.05) is 0 Å². The Morgan fingerprint density at radius 2 is 2.21 bits per heavy atom. The Hall–Kier alpha value is -1.62. The van der Waals surface area contributed by atoms with Gasteiger partial charge in [-0.25, -0.2) is 4.98 Å². The molecule has 2 aromatic heterocycles. The van der Waals surface area contributed by atoms with Crippen molar-refractivity contribution in [1.29, 1.82) is 0 Å². The zero-order valence-electron chi connectivity index (χ0n) is 11.5. The predicted octanol–water partition coefficient (Wildman–Crippen LogP) is 3.55. The number of hydrogen-bond donors (Lipinski definition) is 0. The molecule has 0 aliphatic carbocycles. The summed E-state index contributed by atoms with van der Waals surface area (Å²) in [5.41, 5.74) is -0.0353. The third-order valence-electron chi connectivity index (χ3n) is 2.88. The maximum atomic E-state index is 11.9. The molecule has 0 spiro atoms. The quantitative estimate of drug-likeness (QED) is 0.803. The molecule has 2 aromatic rings. The van der Waals surface area contributed by atoms with E-state index in [1.54, 1.807) is 6.92 Å². The van der Waals surface area contributed by atoms with Crippen LogP contribution < -0.4 is 0 Å². The van der Waals surface area contributed by atoms with E-state index >= 15 is 0 Å². The molecule has 0 unspecified atom stereocenters. The molecular formula is C14H17NO3S. The summed E-state index contributed by atoms with van der Waals surface area (Å²) in [7, 11) is 0. The predicted molar refractivity (Wildman–Crippen MR) is 74.2 cm³/mol. The van der Waals surface area contributed by atoms with Gasteiger partial charge >= 0.3 is 5.97 Å². The van der Waals surface area contributed by atoms with Crippen LogP contribution in [0, 0.1) is 6.92 Å². The molecule has 0 aliphatic rings. The van der Waals surface area contributed by atoms with Crippen LogP contribution in [0.3, 0.4) is 0 Å². The third-order valence-corrected chi connectivity index (χ3v) is 3.74. The van der Waals surface area contributed by atoms with Crippen molar-refractivity contribution < 1.29 is 13.9 Å². The molecule has 19 heavy (non-hydrogen) atoms. The number of hydrogen-bond acceptors (Lipinski definition) is 5. The highest BCUT2D eigenvalue weighted by atomic mass is 32.1. The molecule has 0 N–H and O–H groups in total. The Morgan fingerprint density at radius 1 is 1.47 bits per heavy atom. The van der Waals surface area contributed by atoms with Crippen LogP contribution in [0.4, 0.5) is 0 Å². The van der Waals surface area contributed by atoms with Crippen LogP contribution in [0.15, 0.2) is 21.9 Å². The molecule has 0 bridgehead atoms. The Labute approximate surface area is 116 Å². The van der Waals surface area contributed by atoms with Crippen LogP contribution >= 0.6 is 11.3 Å². The minimum atomic E-state index is -0.744. The number of esters is 1. The van der Waals surface area contributed by atoms with E-state index in [2.05, 4.69) is 4.98 Å². The van der Waals surface area contributed by atoms with E-state index in [0.29, 0.717) is 12.3 Å². The summed E-state index contributed by atoms with van der Waals surface area (Å²) >= 11 is 1.47. The molecule has 4 nitrogen and oxygen atoms in total. The molecule has 0 saturated carbocycles. The van der Waals surface area contributed by atoms with Crippen molar-refractivity contribution in [2.24, 2.45) is 0 Å². The average molecular weight is 279 g/mol. The molecule has 5 heteroatoms. The summed E-state index contributed by atoms with van der Waals surface area (Å²) < 4.78 is 10.6. The number of rotatable bonds is 4. The van der Waals surface area contributed by atoms with Crippen molar-refractivity contribution >= 4 is 17.3 Å². The molecule has 0 aromatic carbocycles. The van der Waals surface area contributed by atoms with Crippen LogP contribution in [0.1, 0.15) is 32.2 Å². The van der Waals surface area contributed by atoms with Gasteiger partial charge in [0.1, 0.15) is 11.2 Å². The summed E-state index contributed by atoms with van der Waals surface area (Å²) in [6.45, 7) is 7.69. The van der Waals surface area contributed by atoms with Gasteiger partial charge in [0, 0.05) is 5.38 Å². The first kappa shape index (κ1) is 13.8. The fourth-order valence-corrected chi connectivity index (χ4v) is 2.59. The van der Waals surface area contributed by atoms with Crippen LogP contribution in [-0.4, -0.2) is 17.6 Å². The van der Waals surface area contributed by atoms with E-state index in [-0.39, 0.29) is 5.97 Å². The van der Waals surface area contributed by atoms with Gasteiger partial charge in [0.2, 0.25) is 0 Å². The van der Waals surface area contributed by atoms with Crippen molar-refractivity contribution in [3.63, 3.8) is 0 Å².